The average Bonchev–Trinajstić information content (AvgIpc) is 3.27. The van der Waals surface area contributed by atoms with Gasteiger partial charge in [-0.25, -0.2) is 13.1 Å². The Morgan fingerprint density at radius 1 is 1.21 bits per heavy atom. The van der Waals surface area contributed by atoms with Gasteiger partial charge in [-0.15, -0.1) is 0 Å². The number of nitrogens with one attached hydrogen (secondary N) is 2. The standard InChI is InChI=1S/C22H25N3O8S/c1-22(27)9-7-14(8-10-22)12-23-18-16(25(28)29)11-17(19-20(18)33-13-32-19)34(30,31)24-21(26)15-5-3-2-4-6-15/h2-6,11,14,23,27H,7-10,12-13H2,1H3,(H,24,26). The number of nitrogens with zero attached hydrogens (tertiary/aromatic N) is 1. The van der Waals surface area contributed by atoms with Gasteiger partial charge in [0, 0.05) is 18.2 Å². The molecule has 1 aliphatic carbocycles. The van der Waals surface area contributed by atoms with Crippen molar-refractivity contribution in [3.8, 4) is 11.5 Å². The number of carbonyl (C=O) groups is 1. The van der Waals surface area contributed by atoms with E-state index < -0.39 is 37.0 Å². The van der Waals surface area contributed by atoms with Gasteiger partial charge in [-0.2, -0.15) is 0 Å². The number of benzene rings is 2. The van der Waals surface area contributed by atoms with Gasteiger partial charge in [-0.1, -0.05) is 18.2 Å². The Bertz CT molecular complexity index is 1200. The maximum absolute atomic E-state index is 13.0. The molecule has 34 heavy (non-hydrogen) atoms. The Kier molecular flexibility index (Phi) is 6.36. The lowest BCUT2D eigenvalue weighted by molar-refractivity contribution is -0.384. The van der Waals surface area contributed by atoms with Crippen molar-refractivity contribution in [2.24, 2.45) is 5.92 Å². The first-order chi connectivity index (χ1) is 16.1. The molecule has 0 bridgehead atoms. The van der Waals surface area contributed by atoms with Gasteiger partial charge in [-0.3, -0.25) is 14.9 Å². The first-order valence-corrected chi connectivity index (χ1v) is 12.3. The third-order valence-corrected chi connectivity index (χ3v) is 7.42. The first-order valence-electron chi connectivity index (χ1n) is 10.8. The zero-order chi connectivity index (χ0) is 24.5. The van der Waals surface area contributed by atoms with Crippen molar-refractivity contribution >= 4 is 27.3 Å². The van der Waals surface area contributed by atoms with E-state index in [2.05, 4.69) is 5.32 Å². The molecule has 12 heteroatoms. The van der Waals surface area contributed by atoms with Crippen LogP contribution in [0.3, 0.4) is 0 Å². The molecule has 0 radical (unpaired) electrons. The molecule has 3 N–H and O–H groups in total. The number of ether oxygens (including phenoxy) is 2. The molecule has 1 aliphatic heterocycles. The van der Waals surface area contributed by atoms with Crippen molar-refractivity contribution in [3.05, 3.63) is 52.1 Å². The predicted molar refractivity (Wildman–Crippen MR) is 121 cm³/mol. The van der Waals surface area contributed by atoms with Crippen LogP contribution in [0.2, 0.25) is 0 Å². The number of anilines is 1. The highest BCUT2D eigenvalue weighted by molar-refractivity contribution is 7.90. The maximum atomic E-state index is 13.0. The molecule has 1 heterocycles. The normalized spacial score (nSPS) is 21.6. The molecule has 0 aromatic heterocycles. The van der Waals surface area contributed by atoms with Crippen LogP contribution in [0.4, 0.5) is 11.4 Å². The summed E-state index contributed by atoms with van der Waals surface area (Å²) in [6.45, 7) is 1.84. The van der Waals surface area contributed by atoms with Crippen LogP contribution in [-0.2, 0) is 10.0 Å². The van der Waals surface area contributed by atoms with Gasteiger partial charge in [0.25, 0.3) is 21.6 Å². The summed E-state index contributed by atoms with van der Waals surface area (Å²) in [6.07, 6.45) is 2.73. The minimum Gasteiger partial charge on any atom is -0.452 e. The number of aliphatic hydroxyl groups is 1. The molecule has 1 fully saturated rings. The maximum Gasteiger partial charge on any atom is 0.297 e. The lowest BCUT2D eigenvalue weighted by Gasteiger charge is -2.33. The van der Waals surface area contributed by atoms with E-state index >= 15 is 0 Å². The van der Waals surface area contributed by atoms with E-state index in [0.29, 0.717) is 19.4 Å². The summed E-state index contributed by atoms with van der Waals surface area (Å²) in [5.41, 5.74) is -1.09. The summed E-state index contributed by atoms with van der Waals surface area (Å²) in [7, 11) is -4.52. The molecule has 1 amide bonds. The molecule has 0 unspecified atom stereocenters. The SMILES string of the molecule is CC1(O)CCC(CNc2c([N+](=O)[O-])cc(S(=O)(=O)NC(=O)c3ccccc3)c3c2OCO3)CC1. The lowest BCUT2D eigenvalue weighted by atomic mass is 9.80. The van der Waals surface area contributed by atoms with Crippen LogP contribution >= 0.6 is 0 Å². The molecule has 0 spiro atoms. The molecule has 1 saturated carbocycles. The van der Waals surface area contributed by atoms with E-state index in [-0.39, 0.29) is 35.5 Å². The summed E-state index contributed by atoms with van der Waals surface area (Å²) in [5, 5.41) is 25.0. The van der Waals surface area contributed by atoms with Crippen molar-refractivity contribution in [2.45, 2.75) is 43.1 Å². The third kappa shape index (κ3) is 4.92. The highest BCUT2D eigenvalue weighted by Crippen LogP contribution is 2.49. The van der Waals surface area contributed by atoms with Crippen molar-refractivity contribution in [2.75, 3.05) is 18.7 Å². The van der Waals surface area contributed by atoms with Crippen LogP contribution in [0.25, 0.3) is 0 Å². The van der Waals surface area contributed by atoms with Gasteiger partial charge in [0.05, 0.1) is 10.5 Å². The average molecular weight is 492 g/mol. The zero-order valence-electron chi connectivity index (χ0n) is 18.4. The van der Waals surface area contributed by atoms with Gasteiger partial charge >= 0.3 is 0 Å². The van der Waals surface area contributed by atoms with Crippen molar-refractivity contribution < 1.29 is 32.7 Å². The monoisotopic (exact) mass is 491 g/mol. The molecular formula is C22H25N3O8S. The van der Waals surface area contributed by atoms with Gasteiger partial charge in [-0.05, 0) is 50.7 Å². The molecule has 2 aromatic carbocycles. The number of fused-ring (bicyclic) bond motifs is 1. The second-order valence-corrected chi connectivity index (χ2v) is 10.4. The van der Waals surface area contributed by atoms with E-state index in [1.54, 1.807) is 25.1 Å². The van der Waals surface area contributed by atoms with Crippen molar-refractivity contribution in [1.29, 1.82) is 0 Å². The van der Waals surface area contributed by atoms with Crippen LogP contribution in [-0.4, -0.2) is 43.3 Å². The number of hydrogen-bond acceptors (Lipinski definition) is 9. The minimum absolute atomic E-state index is 0.0168. The number of carbonyl (C=O) groups excluding carboxylic acids is 1. The number of nitro benzene ring substituents is 1. The Hall–Kier alpha value is -3.38. The molecular weight excluding hydrogens is 466 g/mol. The molecule has 2 aromatic rings. The van der Waals surface area contributed by atoms with E-state index in [4.69, 9.17) is 9.47 Å². The third-order valence-electron chi connectivity index (χ3n) is 6.09. The quantitative estimate of drug-likeness (QED) is 0.391. The number of sulfonamides is 1. The Labute approximate surface area is 196 Å². The van der Waals surface area contributed by atoms with E-state index in [1.165, 1.54) is 12.1 Å². The number of rotatable bonds is 7. The number of nitro groups is 1. The van der Waals surface area contributed by atoms with E-state index in [0.717, 1.165) is 18.9 Å². The minimum atomic E-state index is -4.52. The summed E-state index contributed by atoms with van der Waals surface area (Å²) in [4.78, 5) is 23.0. The molecule has 182 valence electrons. The van der Waals surface area contributed by atoms with Gasteiger partial charge in [0.15, 0.2) is 17.2 Å². The smallest absolute Gasteiger partial charge is 0.297 e. The predicted octanol–water partition coefficient (Wildman–Crippen LogP) is 2.80. The fourth-order valence-corrected chi connectivity index (χ4v) is 5.25. The first kappa shape index (κ1) is 23.8. The van der Waals surface area contributed by atoms with Gasteiger partial charge in [0.1, 0.15) is 4.90 Å². The van der Waals surface area contributed by atoms with Gasteiger partial charge < -0.3 is 19.9 Å². The highest BCUT2D eigenvalue weighted by atomic mass is 32.2. The van der Waals surface area contributed by atoms with Crippen LogP contribution in [0.5, 0.6) is 11.5 Å². The van der Waals surface area contributed by atoms with Crippen LogP contribution in [0, 0.1) is 16.0 Å². The van der Waals surface area contributed by atoms with E-state index in [9.17, 15) is 28.4 Å². The Morgan fingerprint density at radius 2 is 1.85 bits per heavy atom. The molecule has 0 saturated heterocycles. The number of amides is 1. The van der Waals surface area contributed by atoms with Crippen LogP contribution in [0.1, 0.15) is 43.0 Å². The number of hydrogen-bond donors (Lipinski definition) is 3. The molecule has 2 aliphatic rings. The molecule has 4 rings (SSSR count). The topological polar surface area (TPSA) is 157 Å². The van der Waals surface area contributed by atoms with Crippen molar-refractivity contribution in [3.63, 3.8) is 0 Å². The fraction of sp³-hybridized carbons (Fsp3) is 0.409. The second kappa shape index (κ2) is 9.11. The van der Waals surface area contributed by atoms with Crippen LogP contribution in [0.15, 0.2) is 41.3 Å². The summed E-state index contributed by atoms with van der Waals surface area (Å²) in [5.74, 6) is -1.00. The molecule has 0 atom stereocenters. The Balaban J connectivity index is 1.63. The fourth-order valence-electron chi connectivity index (χ4n) is 4.12. The highest BCUT2D eigenvalue weighted by Gasteiger charge is 2.37. The summed E-state index contributed by atoms with van der Waals surface area (Å²) in [6, 6.07) is 8.57. The molecule has 11 nitrogen and oxygen atoms in total. The summed E-state index contributed by atoms with van der Waals surface area (Å²) >= 11 is 0. The Morgan fingerprint density at radius 3 is 2.50 bits per heavy atom. The lowest BCUT2D eigenvalue weighted by Crippen LogP contribution is -2.32. The van der Waals surface area contributed by atoms with E-state index in [1.807, 2.05) is 4.72 Å². The summed E-state index contributed by atoms with van der Waals surface area (Å²) < 4.78 is 38.7. The van der Waals surface area contributed by atoms with Crippen LogP contribution < -0.4 is 19.5 Å². The second-order valence-electron chi connectivity index (χ2n) is 8.71. The van der Waals surface area contributed by atoms with Crippen molar-refractivity contribution in [1.82, 2.24) is 4.72 Å². The van der Waals surface area contributed by atoms with Gasteiger partial charge in [0.2, 0.25) is 6.79 Å². The largest absolute Gasteiger partial charge is 0.452 e. The zero-order valence-corrected chi connectivity index (χ0v) is 19.3.